The van der Waals surface area contributed by atoms with Crippen LogP contribution in [0.5, 0.6) is 0 Å². The van der Waals surface area contributed by atoms with E-state index in [0.29, 0.717) is 5.13 Å². The highest BCUT2D eigenvalue weighted by molar-refractivity contribution is 7.16. The molecule has 0 aliphatic carbocycles. The van der Waals surface area contributed by atoms with Crippen LogP contribution in [0.3, 0.4) is 0 Å². The molecular formula is C14H16N2OS. The molecule has 0 aliphatic heterocycles. The van der Waals surface area contributed by atoms with Crippen molar-refractivity contribution in [2.45, 2.75) is 20.8 Å². The Balaban J connectivity index is 2.25. The van der Waals surface area contributed by atoms with Gasteiger partial charge in [-0.25, -0.2) is 4.98 Å². The summed E-state index contributed by atoms with van der Waals surface area (Å²) in [4.78, 5) is 17.2. The van der Waals surface area contributed by atoms with Crippen LogP contribution >= 0.6 is 11.3 Å². The molecule has 1 heterocycles. The van der Waals surface area contributed by atoms with Crippen LogP contribution in [0.4, 0.5) is 5.13 Å². The molecule has 1 N–H and O–H groups in total. The molecule has 0 saturated heterocycles. The maximum atomic E-state index is 11.6. The van der Waals surface area contributed by atoms with Crippen LogP contribution < -0.4 is 5.32 Å². The van der Waals surface area contributed by atoms with Gasteiger partial charge < -0.3 is 5.32 Å². The summed E-state index contributed by atoms with van der Waals surface area (Å²) < 4.78 is 0. The largest absolute Gasteiger partial charge is 0.302 e. The first kappa shape index (κ1) is 12.8. The Kier molecular flexibility index (Phi) is 3.77. The summed E-state index contributed by atoms with van der Waals surface area (Å²) >= 11 is 1.51. The molecule has 0 bridgehead atoms. The zero-order valence-corrected chi connectivity index (χ0v) is 11.5. The van der Waals surface area contributed by atoms with Crippen LogP contribution in [0, 0.1) is 12.8 Å². The first-order valence-corrected chi connectivity index (χ1v) is 6.73. The number of nitrogens with one attached hydrogen (secondary N) is 1. The van der Waals surface area contributed by atoms with Gasteiger partial charge in [0.1, 0.15) is 0 Å². The van der Waals surface area contributed by atoms with Crippen molar-refractivity contribution in [3.05, 3.63) is 35.2 Å². The third kappa shape index (κ3) is 2.76. The van der Waals surface area contributed by atoms with Crippen LogP contribution in [0.1, 0.15) is 18.7 Å². The number of thiazole rings is 1. The van der Waals surface area contributed by atoms with Crippen molar-refractivity contribution in [2.24, 2.45) is 5.92 Å². The molecule has 1 aromatic carbocycles. The van der Waals surface area contributed by atoms with E-state index in [1.165, 1.54) is 11.3 Å². The Labute approximate surface area is 111 Å². The summed E-state index contributed by atoms with van der Waals surface area (Å²) in [5, 5.41) is 3.51. The highest BCUT2D eigenvalue weighted by atomic mass is 32.1. The predicted octanol–water partition coefficient (Wildman–Crippen LogP) is 3.71. The second kappa shape index (κ2) is 5.31. The lowest BCUT2D eigenvalue weighted by Crippen LogP contribution is -2.17. The highest BCUT2D eigenvalue weighted by Gasteiger charge is 2.13. The van der Waals surface area contributed by atoms with Crippen molar-refractivity contribution in [2.75, 3.05) is 5.32 Å². The molecule has 94 valence electrons. The number of hydrogen-bond acceptors (Lipinski definition) is 3. The minimum atomic E-state index is -0.0330. The van der Waals surface area contributed by atoms with Gasteiger partial charge in [0.25, 0.3) is 0 Å². The number of benzene rings is 1. The molecule has 0 saturated carbocycles. The molecule has 0 atom stereocenters. The van der Waals surface area contributed by atoms with E-state index < -0.39 is 0 Å². The van der Waals surface area contributed by atoms with Gasteiger partial charge >= 0.3 is 0 Å². The normalized spacial score (nSPS) is 10.7. The number of amides is 1. The number of nitrogens with zero attached hydrogens (tertiary/aromatic N) is 1. The Morgan fingerprint density at radius 3 is 2.56 bits per heavy atom. The van der Waals surface area contributed by atoms with E-state index in [9.17, 15) is 4.79 Å². The number of carbonyl (C=O) groups is 1. The van der Waals surface area contributed by atoms with Gasteiger partial charge in [0.05, 0.1) is 5.69 Å². The zero-order chi connectivity index (χ0) is 13.1. The number of aryl methyl sites for hydroxylation is 1. The molecule has 3 nitrogen and oxygen atoms in total. The van der Waals surface area contributed by atoms with Crippen molar-refractivity contribution in [1.82, 2.24) is 4.98 Å². The summed E-state index contributed by atoms with van der Waals surface area (Å²) in [5.41, 5.74) is 2.02. The van der Waals surface area contributed by atoms with E-state index in [-0.39, 0.29) is 11.8 Å². The number of aromatic nitrogens is 1. The van der Waals surface area contributed by atoms with Crippen LogP contribution in [0.25, 0.3) is 11.3 Å². The maximum absolute atomic E-state index is 11.6. The number of carbonyl (C=O) groups excluding carboxylic acids is 1. The SMILES string of the molecule is Cc1sc(NC(=O)C(C)C)nc1-c1ccccc1. The molecule has 1 aromatic heterocycles. The second-order valence-electron chi connectivity index (χ2n) is 4.43. The van der Waals surface area contributed by atoms with Crippen molar-refractivity contribution < 1.29 is 4.79 Å². The third-order valence-corrected chi connectivity index (χ3v) is 3.48. The standard InChI is InChI=1S/C14H16N2OS/c1-9(2)13(17)16-14-15-12(10(3)18-14)11-7-5-4-6-8-11/h4-9H,1-3H3,(H,15,16,17). The number of rotatable bonds is 3. The summed E-state index contributed by atoms with van der Waals surface area (Å²) in [6.45, 7) is 5.76. The van der Waals surface area contributed by atoms with Gasteiger partial charge in [-0.05, 0) is 6.92 Å². The Morgan fingerprint density at radius 2 is 1.94 bits per heavy atom. The van der Waals surface area contributed by atoms with E-state index in [0.717, 1.165) is 16.1 Å². The molecule has 0 unspecified atom stereocenters. The first-order chi connectivity index (χ1) is 8.58. The minimum Gasteiger partial charge on any atom is -0.302 e. The molecule has 0 fully saturated rings. The van der Waals surface area contributed by atoms with Crippen molar-refractivity contribution >= 4 is 22.4 Å². The van der Waals surface area contributed by atoms with Gasteiger partial charge in [0.15, 0.2) is 5.13 Å². The van der Waals surface area contributed by atoms with Gasteiger partial charge in [0.2, 0.25) is 5.91 Å². The average Bonchev–Trinajstić information content (AvgIpc) is 2.71. The molecule has 2 rings (SSSR count). The lowest BCUT2D eigenvalue weighted by Gasteiger charge is -2.03. The fraction of sp³-hybridized carbons (Fsp3) is 0.286. The zero-order valence-electron chi connectivity index (χ0n) is 10.7. The molecule has 2 aromatic rings. The molecule has 4 heteroatoms. The molecular weight excluding hydrogens is 244 g/mol. The van der Waals surface area contributed by atoms with Gasteiger partial charge in [-0.2, -0.15) is 0 Å². The Hall–Kier alpha value is -1.68. The average molecular weight is 260 g/mol. The Bertz CT molecular complexity index is 546. The summed E-state index contributed by atoms with van der Waals surface area (Å²) in [5.74, 6) is -0.0299. The smallest absolute Gasteiger partial charge is 0.228 e. The van der Waals surface area contributed by atoms with E-state index in [2.05, 4.69) is 10.3 Å². The van der Waals surface area contributed by atoms with Crippen LogP contribution in [0.2, 0.25) is 0 Å². The third-order valence-electron chi connectivity index (χ3n) is 2.60. The van der Waals surface area contributed by atoms with Crippen LogP contribution in [-0.4, -0.2) is 10.9 Å². The van der Waals surface area contributed by atoms with Crippen LogP contribution in [-0.2, 0) is 4.79 Å². The quantitative estimate of drug-likeness (QED) is 0.914. The lowest BCUT2D eigenvalue weighted by molar-refractivity contribution is -0.118. The van der Waals surface area contributed by atoms with Crippen molar-refractivity contribution in [3.8, 4) is 11.3 Å². The monoisotopic (exact) mass is 260 g/mol. The summed E-state index contributed by atoms with van der Waals surface area (Å²) in [7, 11) is 0. The van der Waals surface area contributed by atoms with E-state index in [4.69, 9.17) is 0 Å². The lowest BCUT2D eigenvalue weighted by atomic mass is 10.1. The van der Waals surface area contributed by atoms with E-state index in [1.54, 1.807) is 0 Å². The van der Waals surface area contributed by atoms with Gasteiger partial charge in [-0.3, -0.25) is 4.79 Å². The molecule has 0 aliphatic rings. The number of anilines is 1. The highest BCUT2D eigenvalue weighted by Crippen LogP contribution is 2.30. The molecule has 0 spiro atoms. The molecule has 1 amide bonds. The summed E-state index contributed by atoms with van der Waals surface area (Å²) in [6.07, 6.45) is 0. The first-order valence-electron chi connectivity index (χ1n) is 5.91. The van der Waals surface area contributed by atoms with Gasteiger partial charge in [-0.15, -0.1) is 11.3 Å². The van der Waals surface area contributed by atoms with Gasteiger partial charge in [0, 0.05) is 16.4 Å². The Morgan fingerprint density at radius 1 is 1.28 bits per heavy atom. The minimum absolute atomic E-state index is 0.00311. The second-order valence-corrected chi connectivity index (χ2v) is 5.64. The molecule has 18 heavy (non-hydrogen) atoms. The maximum Gasteiger partial charge on any atom is 0.228 e. The molecule has 0 radical (unpaired) electrons. The number of hydrogen-bond donors (Lipinski definition) is 1. The fourth-order valence-electron chi connectivity index (χ4n) is 1.56. The summed E-state index contributed by atoms with van der Waals surface area (Å²) in [6, 6.07) is 10.00. The van der Waals surface area contributed by atoms with E-state index >= 15 is 0 Å². The van der Waals surface area contributed by atoms with E-state index in [1.807, 2.05) is 51.1 Å². The van der Waals surface area contributed by atoms with Crippen molar-refractivity contribution in [1.29, 1.82) is 0 Å². The fourth-order valence-corrected chi connectivity index (χ4v) is 2.40. The van der Waals surface area contributed by atoms with Crippen LogP contribution in [0.15, 0.2) is 30.3 Å². The predicted molar refractivity (Wildman–Crippen MR) is 75.8 cm³/mol. The van der Waals surface area contributed by atoms with Crippen molar-refractivity contribution in [3.63, 3.8) is 0 Å². The van der Waals surface area contributed by atoms with Gasteiger partial charge in [-0.1, -0.05) is 44.2 Å². The topological polar surface area (TPSA) is 42.0 Å².